The molecular weight excluding hydrogens is 364 g/mol. The molecule has 2 aliphatic rings. The normalized spacial score (nSPS) is 22.2. The highest BCUT2D eigenvalue weighted by Crippen LogP contribution is 2.30. The van der Waals surface area contributed by atoms with E-state index >= 15 is 0 Å². The van der Waals surface area contributed by atoms with E-state index in [1.807, 2.05) is 30.3 Å². The Balaban J connectivity index is 1.57. The Kier molecular flexibility index (Phi) is 4.76. The first-order chi connectivity index (χ1) is 13.0. The van der Waals surface area contributed by atoms with E-state index in [1.54, 1.807) is 28.0 Å². The fourth-order valence-electron chi connectivity index (χ4n) is 3.78. The molecule has 4 rings (SSSR count). The van der Waals surface area contributed by atoms with Crippen LogP contribution in [0.2, 0.25) is 5.02 Å². The van der Waals surface area contributed by atoms with Crippen molar-refractivity contribution in [1.82, 2.24) is 10.2 Å². The molecule has 0 saturated carbocycles. The monoisotopic (exact) mass is 384 g/mol. The van der Waals surface area contributed by atoms with Gasteiger partial charge in [-0.15, -0.1) is 0 Å². The van der Waals surface area contributed by atoms with Crippen LogP contribution in [0.1, 0.15) is 21.8 Å². The van der Waals surface area contributed by atoms with Crippen LogP contribution in [-0.2, 0) is 0 Å². The summed E-state index contributed by atoms with van der Waals surface area (Å²) in [6, 6.07) is 14.8. The van der Waals surface area contributed by atoms with Crippen LogP contribution in [0.4, 0.5) is 10.5 Å². The van der Waals surface area contributed by atoms with Crippen molar-refractivity contribution in [3.63, 3.8) is 0 Å². The Morgan fingerprint density at radius 2 is 1.93 bits per heavy atom. The lowest BCUT2D eigenvalue weighted by Gasteiger charge is -2.20. The SMILES string of the molecule is N[C@@H]1CN(C(=O)c2cc(N3CCNC3=O)ccc2Cl)C[C@H]1c1ccccc1. The Morgan fingerprint density at radius 3 is 2.63 bits per heavy atom. The summed E-state index contributed by atoms with van der Waals surface area (Å²) < 4.78 is 0. The first-order valence-electron chi connectivity index (χ1n) is 8.99. The summed E-state index contributed by atoms with van der Waals surface area (Å²) in [6.07, 6.45) is 0. The maximum atomic E-state index is 13.1. The number of likely N-dealkylation sites (tertiary alicyclic amines) is 1. The van der Waals surface area contributed by atoms with Crippen molar-refractivity contribution in [2.24, 2.45) is 5.73 Å². The number of anilines is 1. The van der Waals surface area contributed by atoms with Crippen molar-refractivity contribution in [2.45, 2.75) is 12.0 Å². The van der Waals surface area contributed by atoms with E-state index in [2.05, 4.69) is 5.32 Å². The van der Waals surface area contributed by atoms with Crippen molar-refractivity contribution in [2.75, 3.05) is 31.1 Å². The summed E-state index contributed by atoms with van der Waals surface area (Å²) >= 11 is 6.30. The van der Waals surface area contributed by atoms with Gasteiger partial charge in [-0.25, -0.2) is 4.79 Å². The molecule has 3 amide bonds. The Morgan fingerprint density at radius 1 is 1.15 bits per heavy atom. The Labute approximate surface area is 162 Å². The molecule has 2 aliphatic heterocycles. The second kappa shape index (κ2) is 7.21. The molecule has 0 spiro atoms. The zero-order chi connectivity index (χ0) is 19.0. The molecule has 0 aromatic heterocycles. The minimum Gasteiger partial charge on any atom is -0.336 e. The molecule has 0 unspecified atom stereocenters. The van der Waals surface area contributed by atoms with Crippen LogP contribution < -0.4 is 16.0 Å². The second-order valence-corrected chi connectivity index (χ2v) is 7.35. The third kappa shape index (κ3) is 3.38. The highest BCUT2D eigenvalue weighted by atomic mass is 35.5. The zero-order valence-corrected chi connectivity index (χ0v) is 15.5. The van der Waals surface area contributed by atoms with Gasteiger partial charge in [-0.05, 0) is 23.8 Å². The maximum Gasteiger partial charge on any atom is 0.321 e. The number of carbonyl (C=O) groups excluding carboxylic acids is 2. The van der Waals surface area contributed by atoms with E-state index in [0.29, 0.717) is 42.5 Å². The van der Waals surface area contributed by atoms with Gasteiger partial charge in [-0.3, -0.25) is 9.69 Å². The molecule has 27 heavy (non-hydrogen) atoms. The molecule has 7 heteroatoms. The van der Waals surface area contributed by atoms with E-state index < -0.39 is 0 Å². The molecule has 2 aromatic rings. The van der Waals surface area contributed by atoms with Crippen molar-refractivity contribution in [3.8, 4) is 0 Å². The number of halogens is 1. The highest BCUT2D eigenvalue weighted by molar-refractivity contribution is 6.34. The number of amides is 3. The quantitative estimate of drug-likeness (QED) is 0.853. The molecule has 2 fully saturated rings. The molecule has 2 aromatic carbocycles. The molecule has 2 heterocycles. The van der Waals surface area contributed by atoms with Gasteiger partial charge in [0.1, 0.15) is 0 Å². The van der Waals surface area contributed by atoms with E-state index in [9.17, 15) is 9.59 Å². The number of carbonyl (C=O) groups is 2. The number of hydrogen-bond acceptors (Lipinski definition) is 3. The van der Waals surface area contributed by atoms with Gasteiger partial charge in [0.15, 0.2) is 0 Å². The number of benzene rings is 2. The number of nitrogens with one attached hydrogen (secondary N) is 1. The molecule has 3 N–H and O–H groups in total. The number of urea groups is 1. The third-order valence-electron chi connectivity index (χ3n) is 5.23. The zero-order valence-electron chi connectivity index (χ0n) is 14.8. The van der Waals surface area contributed by atoms with Crippen molar-refractivity contribution in [3.05, 3.63) is 64.7 Å². The second-order valence-electron chi connectivity index (χ2n) is 6.94. The largest absolute Gasteiger partial charge is 0.336 e. The van der Waals surface area contributed by atoms with E-state index in [1.165, 1.54) is 0 Å². The van der Waals surface area contributed by atoms with Gasteiger partial charge in [0.2, 0.25) is 0 Å². The summed E-state index contributed by atoms with van der Waals surface area (Å²) in [5, 5.41) is 3.13. The molecular formula is C20H21ClN4O2. The summed E-state index contributed by atoms with van der Waals surface area (Å²) in [5.74, 6) is -0.0585. The van der Waals surface area contributed by atoms with Gasteiger partial charge in [0.25, 0.3) is 5.91 Å². The number of hydrogen-bond donors (Lipinski definition) is 2. The standard InChI is InChI=1S/C20H21ClN4O2/c21-17-7-6-14(25-9-8-23-20(25)27)10-15(17)19(26)24-11-16(18(22)12-24)13-4-2-1-3-5-13/h1-7,10,16,18H,8-9,11-12,22H2,(H,23,27)/t16-,18+/m0/s1. The first-order valence-corrected chi connectivity index (χ1v) is 9.37. The molecule has 2 saturated heterocycles. The van der Waals surface area contributed by atoms with E-state index in [4.69, 9.17) is 17.3 Å². The molecule has 0 bridgehead atoms. The number of rotatable bonds is 3. The lowest BCUT2D eigenvalue weighted by Crippen LogP contribution is -2.32. The lowest BCUT2D eigenvalue weighted by atomic mass is 9.95. The minimum atomic E-state index is -0.164. The van der Waals surface area contributed by atoms with Gasteiger partial charge in [0.05, 0.1) is 10.6 Å². The Bertz CT molecular complexity index is 874. The van der Waals surface area contributed by atoms with Gasteiger partial charge >= 0.3 is 6.03 Å². The fourth-order valence-corrected chi connectivity index (χ4v) is 3.98. The highest BCUT2D eigenvalue weighted by Gasteiger charge is 2.35. The third-order valence-corrected chi connectivity index (χ3v) is 5.56. The van der Waals surface area contributed by atoms with Crippen LogP contribution in [0, 0.1) is 0 Å². The van der Waals surface area contributed by atoms with Gasteiger partial charge in [-0.2, -0.15) is 0 Å². The van der Waals surface area contributed by atoms with Gasteiger partial charge < -0.3 is 16.0 Å². The summed E-state index contributed by atoms with van der Waals surface area (Å²) in [5.41, 5.74) is 8.51. The van der Waals surface area contributed by atoms with Crippen molar-refractivity contribution < 1.29 is 9.59 Å². The average molecular weight is 385 g/mol. The fraction of sp³-hybridized carbons (Fsp3) is 0.300. The van der Waals surface area contributed by atoms with Crippen LogP contribution in [0.3, 0.4) is 0 Å². The topological polar surface area (TPSA) is 78.7 Å². The van der Waals surface area contributed by atoms with Crippen LogP contribution in [0.5, 0.6) is 0 Å². The minimum absolute atomic E-state index is 0.0986. The molecule has 6 nitrogen and oxygen atoms in total. The van der Waals surface area contributed by atoms with Crippen LogP contribution >= 0.6 is 11.6 Å². The van der Waals surface area contributed by atoms with E-state index in [-0.39, 0.29) is 23.9 Å². The summed E-state index contributed by atoms with van der Waals surface area (Å²) in [4.78, 5) is 28.4. The van der Waals surface area contributed by atoms with Crippen LogP contribution in [-0.4, -0.2) is 49.1 Å². The van der Waals surface area contributed by atoms with Crippen LogP contribution in [0.15, 0.2) is 48.5 Å². The van der Waals surface area contributed by atoms with Gasteiger partial charge in [0, 0.05) is 43.8 Å². The molecule has 0 aliphatic carbocycles. The molecule has 2 atom stereocenters. The van der Waals surface area contributed by atoms with Crippen molar-refractivity contribution >= 4 is 29.2 Å². The van der Waals surface area contributed by atoms with Gasteiger partial charge in [-0.1, -0.05) is 41.9 Å². The average Bonchev–Trinajstić information content (AvgIpc) is 3.28. The lowest BCUT2D eigenvalue weighted by molar-refractivity contribution is 0.0789. The maximum absolute atomic E-state index is 13.1. The first kappa shape index (κ1) is 17.8. The number of nitrogens with two attached hydrogens (primary N) is 1. The number of nitrogens with zero attached hydrogens (tertiary/aromatic N) is 2. The summed E-state index contributed by atoms with van der Waals surface area (Å²) in [7, 11) is 0. The molecule has 0 radical (unpaired) electrons. The predicted molar refractivity (Wildman–Crippen MR) is 105 cm³/mol. The Hall–Kier alpha value is -2.57. The smallest absolute Gasteiger partial charge is 0.321 e. The van der Waals surface area contributed by atoms with Crippen molar-refractivity contribution in [1.29, 1.82) is 0 Å². The molecule has 140 valence electrons. The van der Waals surface area contributed by atoms with Crippen LogP contribution in [0.25, 0.3) is 0 Å². The van der Waals surface area contributed by atoms with E-state index in [0.717, 1.165) is 5.56 Å². The predicted octanol–water partition coefficient (Wildman–Crippen LogP) is 2.44. The summed E-state index contributed by atoms with van der Waals surface area (Å²) in [6.45, 7) is 2.18.